The summed E-state index contributed by atoms with van der Waals surface area (Å²) in [4.78, 5) is 6.38. The molecule has 0 N–H and O–H groups in total. The lowest BCUT2D eigenvalue weighted by Gasteiger charge is -2.14. The van der Waals surface area contributed by atoms with Crippen LogP contribution in [0.4, 0.5) is 0 Å². The highest BCUT2D eigenvalue weighted by atomic mass is 16.3. The van der Waals surface area contributed by atoms with Gasteiger partial charge in [0.2, 0.25) is 0 Å². The molecule has 2 atom stereocenters. The SMILES string of the molecule is C[C@@H]1C[C@H]1c1ccc(CN(C)Cc2cccnc2)o1. The van der Waals surface area contributed by atoms with Crippen LogP contribution in [-0.2, 0) is 13.1 Å². The molecule has 0 radical (unpaired) electrons. The molecule has 19 heavy (non-hydrogen) atoms. The Kier molecular flexibility index (Phi) is 3.38. The minimum absolute atomic E-state index is 0.664. The van der Waals surface area contributed by atoms with Crippen LogP contribution >= 0.6 is 0 Å². The van der Waals surface area contributed by atoms with E-state index in [1.807, 2.05) is 12.3 Å². The molecule has 0 aliphatic heterocycles. The first kappa shape index (κ1) is 12.4. The Bertz CT molecular complexity index is 535. The van der Waals surface area contributed by atoms with Crippen LogP contribution in [0.15, 0.2) is 41.1 Å². The average molecular weight is 256 g/mol. The van der Waals surface area contributed by atoms with E-state index < -0.39 is 0 Å². The molecular weight excluding hydrogens is 236 g/mol. The molecule has 1 aliphatic carbocycles. The Morgan fingerprint density at radius 2 is 2.16 bits per heavy atom. The van der Waals surface area contributed by atoms with E-state index in [1.54, 1.807) is 6.20 Å². The van der Waals surface area contributed by atoms with E-state index >= 15 is 0 Å². The van der Waals surface area contributed by atoms with E-state index in [-0.39, 0.29) is 0 Å². The molecule has 3 rings (SSSR count). The lowest BCUT2D eigenvalue weighted by Crippen LogP contribution is -2.16. The smallest absolute Gasteiger partial charge is 0.118 e. The third-order valence-corrected chi connectivity index (χ3v) is 3.76. The van der Waals surface area contributed by atoms with Gasteiger partial charge < -0.3 is 4.42 Å². The van der Waals surface area contributed by atoms with Crippen molar-refractivity contribution in [1.82, 2.24) is 9.88 Å². The van der Waals surface area contributed by atoms with E-state index in [2.05, 4.69) is 42.1 Å². The number of rotatable bonds is 5. The lowest BCUT2D eigenvalue weighted by molar-refractivity contribution is 0.283. The maximum atomic E-state index is 5.93. The topological polar surface area (TPSA) is 29.3 Å². The van der Waals surface area contributed by atoms with Gasteiger partial charge >= 0.3 is 0 Å². The molecule has 1 fully saturated rings. The molecule has 100 valence electrons. The fourth-order valence-electron chi connectivity index (χ4n) is 2.52. The molecule has 0 aromatic carbocycles. The van der Waals surface area contributed by atoms with E-state index in [4.69, 9.17) is 4.42 Å². The van der Waals surface area contributed by atoms with Crippen molar-refractivity contribution in [3.8, 4) is 0 Å². The van der Waals surface area contributed by atoms with E-state index in [1.165, 1.54) is 12.0 Å². The molecule has 0 unspecified atom stereocenters. The Balaban J connectivity index is 1.57. The average Bonchev–Trinajstić information content (AvgIpc) is 2.95. The largest absolute Gasteiger partial charge is 0.464 e. The first-order valence-electron chi connectivity index (χ1n) is 6.88. The van der Waals surface area contributed by atoms with Crippen molar-refractivity contribution in [2.75, 3.05) is 7.05 Å². The van der Waals surface area contributed by atoms with Crippen molar-refractivity contribution in [2.24, 2.45) is 5.92 Å². The summed E-state index contributed by atoms with van der Waals surface area (Å²) in [6.07, 6.45) is 4.99. The van der Waals surface area contributed by atoms with Crippen LogP contribution in [0.3, 0.4) is 0 Å². The summed E-state index contributed by atoms with van der Waals surface area (Å²) < 4.78 is 5.93. The quantitative estimate of drug-likeness (QED) is 0.820. The second-order valence-electron chi connectivity index (χ2n) is 5.66. The lowest BCUT2D eigenvalue weighted by atomic mass is 10.2. The fourth-order valence-corrected chi connectivity index (χ4v) is 2.52. The van der Waals surface area contributed by atoms with Crippen LogP contribution in [0, 0.1) is 5.92 Å². The monoisotopic (exact) mass is 256 g/mol. The molecule has 3 nitrogen and oxygen atoms in total. The van der Waals surface area contributed by atoms with Gasteiger partial charge in [0.15, 0.2) is 0 Å². The third kappa shape index (κ3) is 3.04. The molecule has 0 bridgehead atoms. The van der Waals surface area contributed by atoms with Gasteiger partial charge in [0.05, 0.1) is 6.54 Å². The van der Waals surface area contributed by atoms with Gasteiger partial charge in [0.25, 0.3) is 0 Å². The van der Waals surface area contributed by atoms with Gasteiger partial charge in [-0.05, 0) is 43.1 Å². The van der Waals surface area contributed by atoms with E-state index in [0.717, 1.165) is 30.5 Å². The highest BCUT2D eigenvalue weighted by Crippen LogP contribution is 2.47. The van der Waals surface area contributed by atoms with Crippen molar-refractivity contribution >= 4 is 0 Å². The normalized spacial score (nSPS) is 21.8. The van der Waals surface area contributed by atoms with Crippen LogP contribution in [0.1, 0.15) is 36.3 Å². The highest BCUT2D eigenvalue weighted by molar-refractivity contribution is 5.17. The number of hydrogen-bond donors (Lipinski definition) is 0. The number of pyridine rings is 1. The minimum Gasteiger partial charge on any atom is -0.464 e. The summed E-state index contributed by atoms with van der Waals surface area (Å²) in [5, 5.41) is 0. The zero-order valence-electron chi connectivity index (χ0n) is 11.5. The van der Waals surface area contributed by atoms with Crippen LogP contribution in [0.5, 0.6) is 0 Å². The standard InChI is InChI=1S/C16H20N2O/c1-12-8-15(12)16-6-5-14(19-16)11-18(2)10-13-4-3-7-17-9-13/h3-7,9,12,15H,8,10-11H2,1-2H3/t12-,15-/m1/s1. The summed E-state index contributed by atoms with van der Waals surface area (Å²) in [7, 11) is 2.11. The summed E-state index contributed by atoms with van der Waals surface area (Å²) in [6, 6.07) is 8.33. The number of nitrogens with zero attached hydrogens (tertiary/aromatic N) is 2. The summed E-state index contributed by atoms with van der Waals surface area (Å²) in [6.45, 7) is 4.01. The number of aromatic nitrogens is 1. The van der Waals surface area contributed by atoms with Gasteiger partial charge in [-0.2, -0.15) is 0 Å². The number of furan rings is 1. The molecule has 0 spiro atoms. The van der Waals surface area contributed by atoms with Crippen molar-refractivity contribution in [3.63, 3.8) is 0 Å². The molecule has 3 heteroatoms. The second kappa shape index (κ2) is 5.17. The maximum absolute atomic E-state index is 5.93. The Labute approximate surface area is 114 Å². The van der Waals surface area contributed by atoms with Crippen molar-refractivity contribution in [1.29, 1.82) is 0 Å². The predicted molar refractivity (Wildman–Crippen MR) is 74.6 cm³/mol. The summed E-state index contributed by atoms with van der Waals surface area (Å²) >= 11 is 0. The number of hydrogen-bond acceptors (Lipinski definition) is 3. The van der Waals surface area contributed by atoms with Crippen LogP contribution in [-0.4, -0.2) is 16.9 Å². The minimum atomic E-state index is 0.664. The van der Waals surface area contributed by atoms with Gasteiger partial charge in [-0.1, -0.05) is 13.0 Å². The molecule has 0 amide bonds. The van der Waals surface area contributed by atoms with Gasteiger partial charge in [-0.25, -0.2) is 0 Å². The molecule has 0 saturated heterocycles. The fraction of sp³-hybridized carbons (Fsp3) is 0.438. The molecular formula is C16H20N2O. The van der Waals surface area contributed by atoms with Gasteiger partial charge in [0, 0.05) is 24.9 Å². The van der Waals surface area contributed by atoms with Gasteiger partial charge in [-0.3, -0.25) is 9.88 Å². The molecule has 1 aliphatic rings. The Morgan fingerprint density at radius 1 is 1.32 bits per heavy atom. The zero-order chi connectivity index (χ0) is 13.2. The predicted octanol–water partition coefficient (Wildman–Crippen LogP) is 3.43. The molecule has 1 saturated carbocycles. The Hall–Kier alpha value is -1.61. The maximum Gasteiger partial charge on any atom is 0.118 e. The Morgan fingerprint density at radius 3 is 2.84 bits per heavy atom. The van der Waals surface area contributed by atoms with Gasteiger partial charge in [0.1, 0.15) is 11.5 Å². The molecule has 2 aromatic rings. The summed E-state index contributed by atoms with van der Waals surface area (Å²) in [5.74, 6) is 3.68. The van der Waals surface area contributed by atoms with Crippen molar-refractivity contribution in [2.45, 2.75) is 32.4 Å². The van der Waals surface area contributed by atoms with E-state index in [9.17, 15) is 0 Å². The summed E-state index contributed by atoms with van der Waals surface area (Å²) in [5.41, 5.74) is 1.23. The first-order valence-corrected chi connectivity index (χ1v) is 6.88. The first-order chi connectivity index (χ1) is 9.22. The molecule has 2 heterocycles. The van der Waals surface area contributed by atoms with Crippen LogP contribution < -0.4 is 0 Å². The molecule has 2 aromatic heterocycles. The highest BCUT2D eigenvalue weighted by Gasteiger charge is 2.36. The van der Waals surface area contributed by atoms with Crippen LogP contribution in [0.2, 0.25) is 0 Å². The second-order valence-corrected chi connectivity index (χ2v) is 5.66. The third-order valence-electron chi connectivity index (χ3n) is 3.76. The zero-order valence-corrected chi connectivity index (χ0v) is 11.5. The van der Waals surface area contributed by atoms with Crippen molar-refractivity contribution < 1.29 is 4.42 Å². The van der Waals surface area contributed by atoms with Crippen molar-refractivity contribution in [3.05, 3.63) is 53.7 Å². The van der Waals surface area contributed by atoms with Crippen LogP contribution in [0.25, 0.3) is 0 Å². The van der Waals surface area contributed by atoms with Gasteiger partial charge in [-0.15, -0.1) is 0 Å². The van der Waals surface area contributed by atoms with E-state index in [0.29, 0.717) is 5.92 Å².